The van der Waals surface area contributed by atoms with Crippen molar-refractivity contribution in [1.29, 1.82) is 0 Å². The zero-order valence-electron chi connectivity index (χ0n) is 16.9. The lowest BCUT2D eigenvalue weighted by Gasteiger charge is -2.11. The molecule has 1 N–H and O–H groups in total. The van der Waals surface area contributed by atoms with Crippen LogP contribution in [0.15, 0.2) is 41.6 Å². The lowest BCUT2D eigenvalue weighted by atomic mass is 10.1. The Morgan fingerprint density at radius 1 is 1.13 bits per heavy atom. The molecule has 0 radical (unpaired) electrons. The van der Waals surface area contributed by atoms with Crippen molar-refractivity contribution < 1.29 is 9.53 Å². The largest absolute Gasteiger partial charge is 0.486 e. The number of amides is 1. The number of carbonyl (C=O) groups is 1. The average Bonchev–Trinajstić information content (AvgIpc) is 3.12. The van der Waals surface area contributed by atoms with Crippen molar-refractivity contribution in [2.24, 2.45) is 0 Å². The van der Waals surface area contributed by atoms with E-state index in [-0.39, 0.29) is 18.3 Å². The van der Waals surface area contributed by atoms with Crippen molar-refractivity contribution in [3.8, 4) is 5.75 Å². The van der Waals surface area contributed by atoms with E-state index in [9.17, 15) is 4.79 Å². The van der Waals surface area contributed by atoms with Crippen LogP contribution in [0.5, 0.6) is 5.75 Å². The maximum atomic E-state index is 12.2. The number of carbonyl (C=O) groups excluding carboxylic acids is 1. The monoisotopic (exact) mass is 464 g/mol. The number of aryl methyl sites for hydroxylation is 2. The molecule has 3 aromatic rings. The van der Waals surface area contributed by atoms with Crippen molar-refractivity contribution >= 4 is 46.6 Å². The van der Waals surface area contributed by atoms with Crippen LogP contribution in [0.3, 0.4) is 0 Å². The lowest BCUT2D eigenvalue weighted by Crippen LogP contribution is -2.14. The molecule has 0 spiro atoms. The van der Waals surface area contributed by atoms with E-state index in [4.69, 9.17) is 27.9 Å². The van der Waals surface area contributed by atoms with Crippen molar-refractivity contribution in [1.82, 2.24) is 14.8 Å². The Kier molecular flexibility index (Phi) is 7.64. The molecule has 0 unspecified atom stereocenters. The molecule has 0 saturated carbocycles. The Morgan fingerprint density at radius 2 is 1.80 bits per heavy atom. The van der Waals surface area contributed by atoms with E-state index in [0.29, 0.717) is 28.2 Å². The number of anilines is 1. The van der Waals surface area contributed by atoms with Gasteiger partial charge in [0.1, 0.15) is 12.4 Å². The highest BCUT2D eigenvalue weighted by Crippen LogP contribution is 2.26. The van der Waals surface area contributed by atoms with E-state index in [2.05, 4.69) is 15.5 Å². The summed E-state index contributed by atoms with van der Waals surface area (Å²) >= 11 is 13.4. The van der Waals surface area contributed by atoms with Gasteiger partial charge in [-0.15, -0.1) is 10.2 Å². The summed E-state index contributed by atoms with van der Waals surface area (Å²) in [6.07, 6.45) is 0. The highest BCUT2D eigenvalue weighted by atomic mass is 35.5. The smallest absolute Gasteiger partial charge is 0.234 e. The van der Waals surface area contributed by atoms with Crippen molar-refractivity contribution in [3.63, 3.8) is 0 Å². The Bertz CT molecular complexity index is 1010. The van der Waals surface area contributed by atoms with Crippen LogP contribution in [0.4, 0.5) is 5.69 Å². The molecule has 30 heavy (non-hydrogen) atoms. The fourth-order valence-corrected chi connectivity index (χ4v) is 3.90. The van der Waals surface area contributed by atoms with E-state index in [0.717, 1.165) is 21.9 Å². The highest BCUT2D eigenvalue weighted by Gasteiger charge is 2.14. The molecule has 0 atom stereocenters. The number of hydrogen-bond donors (Lipinski definition) is 1. The first kappa shape index (κ1) is 22.5. The van der Waals surface area contributed by atoms with Crippen LogP contribution >= 0.6 is 35.0 Å². The van der Waals surface area contributed by atoms with E-state index < -0.39 is 0 Å². The molecule has 0 saturated heterocycles. The third kappa shape index (κ3) is 5.68. The molecule has 1 amide bonds. The van der Waals surface area contributed by atoms with Gasteiger partial charge in [-0.2, -0.15) is 0 Å². The summed E-state index contributed by atoms with van der Waals surface area (Å²) in [7, 11) is 0. The molecule has 0 fully saturated rings. The summed E-state index contributed by atoms with van der Waals surface area (Å²) in [5.74, 6) is 1.52. The normalized spacial score (nSPS) is 10.8. The third-order valence-electron chi connectivity index (χ3n) is 4.35. The predicted molar refractivity (Wildman–Crippen MR) is 122 cm³/mol. The third-order valence-corrected chi connectivity index (χ3v) is 6.16. The number of benzene rings is 2. The average molecular weight is 465 g/mol. The molecule has 2 aromatic carbocycles. The van der Waals surface area contributed by atoms with Gasteiger partial charge < -0.3 is 14.6 Å². The first-order valence-corrected chi connectivity index (χ1v) is 11.1. The topological polar surface area (TPSA) is 69.0 Å². The van der Waals surface area contributed by atoms with Crippen LogP contribution < -0.4 is 10.1 Å². The van der Waals surface area contributed by atoms with E-state index in [1.54, 1.807) is 24.3 Å². The van der Waals surface area contributed by atoms with Crippen molar-refractivity contribution in [3.05, 3.63) is 63.4 Å². The zero-order chi connectivity index (χ0) is 21.7. The predicted octanol–water partition coefficient (Wildman–Crippen LogP) is 5.53. The zero-order valence-corrected chi connectivity index (χ0v) is 19.2. The van der Waals surface area contributed by atoms with E-state index in [1.165, 1.54) is 11.8 Å². The molecule has 0 bridgehead atoms. The molecule has 3 rings (SSSR count). The summed E-state index contributed by atoms with van der Waals surface area (Å²) in [5.41, 5.74) is 2.63. The molecular formula is C21H22Cl2N4O2S. The van der Waals surface area contributed by atoms with Gasteiger partial charge in [-0.25, -0.2) is 0 Å². The van der Waals surface area contributed by atoms with Crippen LogP contribution in [0.25, 0.3) is 0 Å². The van der Waals surface area contributed by atoms with Gasteiger partial charge in [-0.3, -0.25) is 4.79 Å². The fraction of sp³-hybridized carbons (Fsp3) is 0.286. The molecule has 0 aliphatic heterocycles. The minimum atomic E-state index is -0.127. The van der Waals surface area contributed by atoms with Gasteiger partial charge in [0.2, 0.25) is 5.91 Å². The van der Waals surface area contributed by atoms with Gasteiger partial charge >= 0.3 is 0 Å². The Hall–Kier alpha value is -2.22. The SMILES string of the molecule is CCn1c(COc2cc(C)c(Cl)c(C)c2)nnc1SCC(=O)Nc1ccc(Cl)cc1. The molecule has 9 heteroatoms. The Labute approximate surface area is 189 Å². The highest BCUT2D eigenvalue weighted by molar-refractivity contribution is 7.99. The fourth-order valence-electron chi connectivity index (χ4n) is 2.85. The van der Waals surface area contributed by atoms with Crippen molar-refractivity contribution in [2.75, 3.05) is 11.1 Å². The summed E-state index contributed by atoms with van der Waals surface area (Å²) in [5, 5.41) is 13.3. The van der Waals surface area contributed by atoms with Gasteiger partial charge in [0, 0.05) is 22.3 Å². The van der Waals surface area contributed by atoms with Crippen LogP contribution in [0.2, 0.25) is 10.0 Å². The number of halogens is 2. The first-order chi connectivity index (χ1) is 14.4. The molecule has 1 aromatic heterocycles. The number of nitrogens with zero attached hydrogens (tertiary/aromatic N) is 3. The van der Waals surface area contributed by atoms with Crippen LogP contribution in [0.1, 0.15) is 23.9 Å². The van der Waals surface area contributed by atoms with Gasteiger partial charge in [0.25, 0.3) is 0 Å². The van der Waals surface area contributed by atoms with Gasteiger partial charge in [-0.05, 0) is 68.3 Å². The maximum absolute atomic E-state index is 12.2. The summed E-state index contributed by atoms with van der Waals surface area (Å²) in [6, 6.07) is 10.8. The molecule has 158 valence electrons. The van der Waals surface area contributed by atoms with Gasteiger partial charge in [0.15, 0.2) is 11.0 Å². The molecule has 1 heterocycles. The van der Waals surface area contributed by atoms with E-state index in [1.807, 2.05) is 37.5 Å². The summed E-state index contributed by atoms with van der Waals surface area (Å²) in [4.78, 5) is 12.2. The number of ether oxygens (including phenoxy) is 1. The summed E-state index contributed by atoms with van der Waals surface area (Å²) in [6.45, 7) is 6.84. The second-order valence-corrected chi connectivity index (χ2v) is 8.40. The molecule has 0 aliphatic carbocycles. The summed E-state index contributed by atoms with van der Waals surface area (Å²) < 4.78 is 7.84. The standard InChI is InChI=1S/C21H22Cl2N4O2S/c1-4-27-18(11-29-17-9-13(2)20(23)14(3)10-17)25-26-21(27)30-12-19(28)24-16-7-5-15(22)6-8-16/h5-10H,4,11-12H2,1-3H3,(H,24,28). The number of thioether (sulfide) groups is 1. The Balaban J connectivity index is 1.59. The van der Waals surface area contributed by atoms with Gasteiger partial charge in [0.05, 0.1) is 5.75 Å². The maximum Gasteiger partial charge on any atom is 0.234 e. The minimum Gasteiger partial charge on any atom is -0.486 e. The molecule has 6 nitrogen and oxygen atoms in total. The first-order valence-electron chi connectivity index (χ1n) is 9.37. The number of aromatic nitrogens is 3. The lowest BCUT2D eigenvalue weighted by molar-refractivity contribution is -0.113. The quantitative estimate of drug-likeness (QED) is 0.443. The van der Waals surface area contributed by atoms with Crippen LogP contribution in [0, 0.1) is 13.8 Å². The number of rotatable bonds is 8. The van der Waals surface area contributed by atoms with E-state index >= 15 is 0 Å². The van der Waals surface area contributed by atoms with Crippen molar-refractivity contribution in [2.45, 2.75) is 39.1 Å². The minimum absolute atomic E-state index is 0.127. The molecular weight excluding hydrogens is 443 g/mol. The second kappa shape index (κ2) is 10.2. The number of nitrogens with one attached hydrogen (secondary N) is 1. The van der Waals surface area contributed by atoms with Crippen LogP contribution in [-0.4, -0.2) is 26.4 Å². The second-order valence-electron chi connectivity index (χ2n) is 6.65. The van der Waals surface area contributed by atoms with Gasteiger partial charge in [-0.1, -0.05) is 35.0 Å². The number of hydrogen-bond acceptors (Lipinski definition) is 5. The Morgan fingerprint density at radius 3 is 2.43 bits per heavy atom. The van der Waals surface area contributed by atoms with Crippen LogP contribution in [-0.2, 0) is 17.9 Å². The molecule has 0 aliphatic rings.